The molecule has 1 aromatic heterocycles. The molecule has 0 aromatic carbocycles. The van der Waals surface area contributed by atoms with Crippen molar-refractivity contribution in [1.82, 2.24) is 14.8 Å². The van der Waals surface area contributed by atoms with E-state index in [2.05, 4.69) is 28.6 Å². The van der Waals surface area contributed by atoms with E-state index in [1.807, 2.05) is 36.9 Å². The average molecular weight is 433 g/mol. The van der Waals surface area contributed by atoms with Gasteiger partial charge in [-0.1, -0.05) is 13.0 Å². The predicted octanol–water partition coefficient (Wildman–Crippen LogP) is 2.81. The third-order valence-electron chi connectivity index (χ3n) is 6.60. The Kier molecular flexibility index (Phi) is 8.44. The van der Waals surface area contributed by atoms with E-state index in [1.54, 1.807) is 6.20 Å². The summed E-state index contributed by atoms with van der Waals surface area (Å²) in [5.74, 6) is 0.867. The summed E-state index contributed by atoms with van der Waals surface area (Å²) in [7, 11) is 0. The van der Waals surface area contributed by atoms with Gasteiger partial charge < -0.3 is 9.47 Å². The van der Waals surface area contributed by atoms with Crippen molar-refractivity contribution in [3.63, 3.8) is 0 Å². The van der Waals surface area contributed by atoms with Crippen LogP contribution in [0.15, 0.2) is 24.4 Å². The van der Waals surface area contributed by atoms with Crippen molar-refractivity contribution in [1.29, 1.82) is 0 Å². The van der Waals surface area contributed by atoms with Crippen LogP contribution in [0.3, 0.4) is 0 Å². The minimum atomic E-state index is -0.213. The Bertz CT molecular complexity index is 691. The van der Waals surface area contributed by atoms with Crippen molar-refractivity contribution in [2.24, 2.45) is 0 Å². The molecule has 2 fully saturated rings. The molecule has 31 heavy (non-hydrogen) atoms. The molecule has 2 saturated heterocycles. The molecule has 0 bridgehead atoms. The summed E-state index contributed by atoms with van der Waals surface area (Å²) in [6, 6.07) is 5.79. The first-order chi connectivity index (χ1) is 14.9. The van der Waals surface area contributed by atoms with Crippen LogP contribution in [0, 0.1) is 0 Å². The highest BCUT2D eigenvalue weighted by atomic mass is 16.5. The summed E-state index contributed by atoms with van der Waals surface area (Å²) in [5, 5.41) is 0. The number of hydrogen-bond acceptors (Lipinski definition) is 6. The zero-order chi connectivity index (χ0) is 22.3. The van der Waals surface area contributed by atoms with E-state index in [-0.39, 0.29) is 17.0 Å². The number of hydrogen-bond donors (Lipinski definition) is 0. The first-order valence-electron chi connectivity index (χ1n) is 11.8. The molecule has 1 unspecified atom stereocenters. The fraction of sp³-hybridized carbons (Fsp3) is 0.750. The smallest absolute Gasteiger partial charge is 0.227 e. The molecule has 0 saturated carbocycles. The normalized spacial score (nSPS) is 24.8. The van der Waals surface area contributed by atoms with Crippen LogP contribution < -0.4 is 4.90 Å². The van der Waals surface area contributed by atoms with Crippen LogP contribution in [0.4, 0.5) is 5.82 Å². The molecule has 7 heteroatoms. The van der Waals surface area contributed by atoms with E-state index >= 15 is 0 Å². The number of pyridine rings is 1. The molecular weight excluding hydrogens is 392 g/mol. The second kappa shape index (κ2) is 10.9. The van der Waals surface area contributed by atoms with Gasteiger partial charge in [-0.05, 0) is 45.7 Å². The SMILES string of the molecule is CCOCCN1CCN(C2(CN(C(=O)CC)c3ccccn3)CCOC(C)(C)C2)CC1. The molecule has 7 nitrogen and oxygen atoms in total. The maximum Gasteiger partial charge on any atom is 0.227 e. The summed E-state index contributed by atoms with van der Waals surface area (Å²) in [4.78, 5) is 24.5. The van der Waals surface area contributed by atoms with Crippen LogP contribution in [0.25, 0.3) is 0 Å². The summed E-state index contributed by atoms with van der Waals surface area (Å²) < 4.78 is 11.6. The fourth-order valence-electron chi connectivity index (χ4n) is 5.03. The van der Waals surface area contributed by atoms with Gasteiger partial charge in [-0.2, -0.15) is 0 Å². The molecule has 2 aliphatic rings. The van der Waals surface area contributed by atoms with E-state index in [0.717, 1.165) is 64.6 Å². The molecule has 1 aromatic rings. The quantitative estimate of drug-likeness (QED) is 0.560. The highest BCUT2D eigenvalue weighted by molar-refractivity contribution is 5.92. The standard InChI is InChI=1S/C24H40N4O3/c1-5-22(29)28(21-9-7-8-11-25-21)20-24(10-17-31-23(3,4)19-24)27-14-12-26(13-15-27)16-18-30-6-2/h7-9,11H,5-6,10,12-20H2,1-4H3. The lowest BCUT2D eigenvalue weighted by Crippen LogP contribution is -2.66. The number of rotatable bonds is 9. The van der Waals surface area contributed by atoms with E-state index < -0.39 is 0 Å². The van der Waals surface area contributed by atoms with Gasteiger partial charge in [0.15, 0.2) is 0 Å². The summed E-state index contributed by atoms with van der Waals surface area (Å²) in [6.45, 7) is 16.3. The van der Waals surface area contributed by atoms with Gasteiger partial charge in [0.1, 0.15) is 5.82 Å². The third kappa shape index (κ3) is 6.25. The number of anilines is 1. The minimum Gasteiger partial charge on any atom is -0.380 e. The molecule has 0 aliphatic carbocycles. The summed E-state index contributed by atoms with van der Waals surface area (Å²) in [5.41, 5.74) is -0.328. The Morgan fingerprint density at radius 1 is 1.23 bits per heavy atom. The molecule has 0 radical (unpaired) electrons. The van der Waals surface area contributed by atoms with Crippen molar-refractivity contribution in [3.05, 3.63) is 24.4 Å². The second-order valence-electron chi connectivity index (χ2n) is 9.31. The predicted molar refractivity (Wildman–Crippen MR) is 123 cm³/mol. The lowest BCUT2D eigenvalue weighted by Gasteiger charge is -2.54. The van der Waals surface area contributed by atoms with Crippen LogP contribution in [-0.2, 0) is 14.3 Å². The van der Waals surface area contributed by atoms with Crippen molar-refractivity contribution in [3.8, 4) is 0 Å². The number of amides is 1. The maximum atomic E-state index is 13.0. The van der Waals surface area contributed by atoms with Crippen LogP contribution in [0.1, 0.15) is 47.0 Å². The Labute approximate surface area is 187 Å². The van der Waals surface area contributed by atoms with Gasteiger partial charge in [0.05, 0.1) is 12.2 Å². The van der Waals surface area contributed by atoms with Gasteiger partial charge in [0.2, 0.25) is 5.91 Å². The summed E-state index contributed by atoms with van der Waals surface area (Å²) in [6.07, 6.45) is 4.07. The largest absolute Gasteiger partial charge is 0.380 e. The summed E-state index contributed by atoms with van der Waals surface area (Å²) >= 11 is 0. The number of nitrogens with zero attached hydrogens (tertiary/aromatic N) is 4. The van der Waals surface area contributed by atoms with Gasteiger partial charge in [-0.15, -0.1) is 0 Å². The zero-order valence-corrected chi connectivity index (χ0v) is 19.8. The van der Waals surface area contributed by atoms with E-state index in [9.17, 15) is 4.79 Å². The second-order valence-corrected chi connectivity index (χ2v) is 9.31. The van der Waals surface area contributed by atoms with Crippen molar-refractivity contribution in [2.45, 2.75) is 58.1 Å². The number of carbonyl (C=O) groups is 1. The highest BCUT2D eigenvalue weighted by Gasteiger charge is 2.47. The fourth-order valence-corrected chi connectivity index (χ4v) is 5.03. The molecule has 0 spiro atoms. The molecular formula is C24H40N4O3. The van der Waals surface area contributed by atoms with Crippen molar-refractivity contribution < 1.29 is 14.3 Å². The van der Waals surface area contributed by atoms with E-state index in [0.29, 0.717) is 19.6 Å². The van der Waals surface area contributed by atoms with Crippen LogP contribution >= 0.6 is 0 Å². The Morgan fingerprint density at radius 3 is 2.61 bits per heavy atom. The van der Waals surface area contributed by atoms with Gasteiger partial charge in [-0.25, -0.2) is 4.98 Å². The minimum absolute atomic E-state index is 0.115. The Balaban J connectivity index is 1.80. The lowest BCUT2D eigenvalue weighted by molar-refractivity contribution is -0.130. The third-order valence-corrected chi connectivity index (χ3v) is 6.60. The molecule has 3 heterocycles. The average Bonchev–Trinajstić information content (AvgIpc) is 2.77. The topological polar surface area (TPSA) is 58.1 Å². The first kappa shape index (κ1) is 24.1. The van der Waals surface area contributed by atoms with Crippen molar-refractivity contribution >= 4 is 11.7 Å². The number of piperazine rings is 1. The highest BCUT2D eigenvalue weighted by Crippen LogP contribution is 2.38. The lowest BCUT2D eigenvalue weighted by atomic mass is 9.78. The van der Waals surface area contributed by atoms with Gasteiger partial charge in [0, 0.05) is 70.6 Å². The number of aromatic nitrogens is 1. The molecule has 1 atom stereocenters. The van der Waals surface area contributed by atoms with Crippen LogP contribution in [0.5, 0.6) is 0 Å². The van der Waals surface area contributed by atoms with Crippen LogP contribution in [-0.4, -0.2) is 90.9 Å². The molecule has 2 aliphatic heterocycles. The van der Waals surface area contributed by atoms with Gasteiger partial charge in [0.25, 0.3) is 0 Å². The molecule has 0 N–H and O–H groups in total. The Morgan fingerprint density at radius 2 is 2.00 bits per heavy atom. The maximum absolute atomic E-state index is 13.0. The first-order valence-corrected chi connectivity index (χ1v) is 11.8. The number of ether oxygens (including phenoxy) is 2. The van der Waals surface area contributed by atoms with E-state index in [1.165, 1.54) is 0 Å². The molecule has 1 amide bonds. The van der Waals surface area contributed by atoms with E-state index in [4.69, 9.17) is 9.47 Å². The van der Waals surface area contributed by atoms with Crippen molar-refractivity contribution in [2.75, 3.05) is 64.0 Å². The molecule has 174 valence electrons. The van der Waals surface area contributed by atoms with Gasteiger partial charge in [-0.3, -0.25) is 19.5 Å². The molecule has 3 rings (SSSR count). The van der Waals surface area contributed by atoms with Crippen LogP contribution in [0.2, 0.25) is 0 Å². The zero-order valence-electron chi connectivity index (χ0n) is 19.8. The number of carbonyl (C=O) groups excluding carboxylic acids is 1. The van der Waals surface area contributed by atoms with Gasteiger partial charge >= 0.3 is 0 Å². The monoisotopic (exact) mass is 432 g/mol. The Hall–Kier alpha value is -1.54.